The number of thiophene rings is 1. The number of nitrogens with one attached hydrogen (secondary N) is 2. The molecule has 1 aromatic rings. The van der Waals surface area contributed by atoms with Crippen LogP contribution in [0.4, 0.5) is 0 Å². The summed E-state index contributed by atoms with van der Waals surface area (Å²) in [6.45, 7) is 12.3. The van der Waals surface area contributed by atoms with Crippen molar-refractivity contribution in [3.63, 3.8) is 0 Å². The summed E-state index contributed by atoms with van der Waals surface area (Å²) in [5, 5.41) is 8.53. The van der Waals surface area contributed by atoms with Gasteiger partial charge >= 0.3 is 0 Å². The minimum atomic E-state index is -0.200. The van der Waals surface area contributed by atoms with Gasteiger partial charge < -0.3 is 5.32 Å². The topological polar surface area (TPSA) is 41.1 Å². The first kappa shape index (κ1) is 16.2. The predicted octanol–water partition coefficient (Wildman–Crippen LogP) is 3.34. The molecule has 0 bridgehead atoms. The molecule has 0 aliphatic heterocycles. The van der Waals surface area contributed by atoms with Gasteiger partial charge in [-0.15, -0.1) is 11.3 Å². The summed E-state index contributed by atoms with van der Waals surface area (Å²) >= 11 is 1.73. The average Bonchev–Trinajstić information content (AvgIpc) is 2.75. The highest BCUT2D eigenvalue weighted by Crippen LogP contribution is 2.26. The summed E-state index contributed by atoms with van der Waals surface area (Å²) in [6, 6.07) is 4.20. The lowest BCUT2D eigenvalue weighted by atomic mass is 10.0. The molecule has 1 amide bonds. The molecule has 1 rings (SSSR count). The van der Waals surface area contributed by atoms with Gasteiger partial charge in [-0.3, -0.25) is 10.1 Å². The molecular formula is C15H26N2OS. The summed E-state index contributed by atoms with van der Waals surface area (Å²) in [6.07, 6.45) is 0. The molecule has 2 N–H and O–H groups in total. The van der Waals surface area contributed by atoms with Crippen LogP contribution in [0.3, 0.4) is 0 Å². The van der Waals surface area contributed by atoms with E-state index < -0.39 is 0 Å². The Morgan fingerprint density at radius 3 is 2.32 bits per heavy atom. The Morgan fingerprint density at radius 1 is 1.26 bits per heavy atom. The molecule has 0 aliphatic rings. The molecule has 19 heavy (non-hydrogen) atoms. The van der Waals surface area contributed by atoms with Gasteiger partial charge in [-0.25, -0.2) is 0 Å². The van der Waals surface area contributed by atoms with Crippen LogP contribution < -0.4 is 10.6 Å². The van der Waals surface area contributed by atoms with Crippen molar-refractivity contribution in [1.82, 2.24) is 10.6 Å². The Hall–Kier alpha value is -0.870. The third-order valence-electron chi connectivity index (χ3n) is 2.84. The molecule has 0 aromatic carbocycles. The molecule has 1 heterocycles. The van der Waals surface area contributed by atoms with Gasteiger partial charge in [0.2, 0.25) is 5.91 Å². The van der Waals surface area contributed by atoms with E-state index in [1.54, 1.807) is 11.3 Å². The fraction of sp³-hybridized carbons (Fsp3) is 0.667. The summed E-state index contributed by atoms with van der Waals surface area (Å²) in [4.78, 5) is 13.4. The lowest BCUT2D eigenvalue weighted by molar-refractivity contribution is -0.124. The Balaban J connectivity index is 2.67. The Bertz CT molecular complexity index is 393. The second-order valence-corrected chi connectivity index (χ2v) is 7.34. The average molecular weight is 282 g/mol. The number of hydrogen-bond donors (Lipinski definition) is 2. The second kappa shape index (κ2) is 6.53. The van der Waals surface area contributed by atoms with Crippen LogP contribution in [0.2, 0.25) is 0 Å². The van der Waals surface area contributed by atoms with Crippen molar-refractivity contribution in [1.29, 1.82) is 0 Å². The largest absolute Gasteiger partial charge is 0.350 e. The van der Waals surface area contributed by atoms with Gasteiger partial charge in [-0.05, 0) is 45.1 Å². The van der Waals surface area contributed by atoms with Crippen LogP contribution in [0.5, 0.6) is 0 Å². The maximum absolute atomic E-state index is 12.1. The standard InChI is InChI=1S/C15H26N2OS/c1-10(2)13(12-8-7-9-19-12)16-11(3)14(18)17-15(4,5)6/h7-11,13,16H,1-6H3,(H,17,18). The van der Waals surface area contributed by atoms with E-state index in [4.69, 9.17) is 0 Å². The quantitative estimate of drug-likeness (QED) is 0.869. The maximum atomic E-state index is 12.1. The second-order valence-electron chi connectivity index (χ2n) is 6.36. The fourth-order valence-corrected chi connectivity index (χ4v) is 2.85. The molecule has 0 radical (unpaired) electrons. The molecular weight excluding hydrogens is 256 g/mol. The summed E-state index contributed by atoms with van der Waals surface area (Å²) in [7, 11) is 0. The molecule has 108 valence electrons. The van der Waals surface area contributed by atoms with Crippen LogP contribution in [0.1, 0.15) is 52.5 Å². The monoisotopic (exact) mass is 282 g/mol. The Kier molecular flexibility index (Phi) is 5.56. The molecule has 0 fully saturated rings. The van der Waals surface area contributed by atoms with Crippen LogP contribution in [-0.2, 0) is 4.79 Å². The van der Waals surface area contributed by atoms with E-state index in [1.165, 1.54) is 4.88 Å². The van der Waals surface area contributed by atoms with Crippen molar-refractivity contribution >= 4 is 17.2 Å². The number of carbonyl (C=O) groups excluding carboxylic acids is 1. The van der Waals surface area contributed by atoms with Crippen LogP contribution in [-0.4, -0.2) is 17.5 Å². The van der Waals surface area contributed by atoms with Gasteiger partial charge in [0.1, 0.15) is 0 Å². The first-order chi connectivity index (χ1) is 8.70. The van der Waals surface area contributed by atoms with Crippen LogP contribution in [0.25, 0.3) is 0 Å². The first-order valence-electron chi connectivity index (χ1n) is 6.82. The zero-order valence-electron chi connectivity index (χ0n) is 12.8. The third kappa shape index (κ3) is 5.33. The van der Waals surface area contributed by atoms with Gasteiger partial charge in [0.25, 0.3) is 0 Å². The van der Waals surface area contributed by atoms with Gasteiger partial charge in [0.05, 0.1) is 6.04 Å². The molecule has 4 heteroatoms. The number of carbonyl (C=O) groups is 1. The smallest absolute Gasteiger partial charge is 0.237 e. The minimum absolute atomic E-state index is 0.0507. The van der Waals surface area contributed by atoms with E-state index >= 15 is 0 Å². The van der Waals surface area contributed by atoms with Crippen molar-refractivity contribution in [2.45, 2.75) is 59.2 Å². The van der Waals surface area contributed by atoms with E-state index in [-0.39, 0.29) is 23.5 Å². The SMILES string of the molecule is CC(NC(c1cccs1)C(C)C)C(=O)NC(C)(C)C. The van der Waals surface area contributed by atoms with Crippen molar-refractivity contribution in [2.24, 2.45) is 5.92 Å². The lowest BCUT2D eigenvalue weighted by Gasteiger charge is -2.28. The molecule has 3 nitrogen and oxygen atoms in total. The molecule has 2 unspecified atom stereocenters. The maximum Gasteiger partial charge on any atom is 0.237 e. The highest BCUT2D eigenvalue weighted by Gasteiger charge is 2.24. The van der Waals surface area contributed by atoms with E-state index in [1.807, 2.05) is 27.7 Å². The van der Waals surface area contributed by atoms with E-state index in [0.29, 0.717) is 5.92 Å². The van der Waals surface area contributed by atoms with Gasteiger partial charge in [0, 0.05) is 16.5 Å². The number of rotatable bonds is 5. The van der Waals surface area contributed by atoms with Gasteiger partial charge in [-0.1, -0.05) is 19.9 Å². The molecule has 0 saturated heterocycles. The summed E-state index contributed by atoms with van der Waals surface area (Å²) in [5.41, 5.74) is -0.191. The van der Waals surface area contributed by atoms with Crippen molar-refractivity contribution in [2.75, 3.05) is 0 Å². The molecule has 0 saturated carbocycles. The van der Waals surface area contributed by atoms with Crippen LogP contribution in [0, 0.1) is 5.92 Å². The molecule has 0 spiro atoms. The summed E-state index contributed by atoms with van der Waals surface area (Å²) < 4.78 is 0. The van der Waals surface area contributed by atoms with E-state index in [9.17, 15) is 4.79 Å². The Morgan fingerprint density at radius 2 is 1.89 bits per heavy atom. The number of hydrogen-bond acceptors (Lipinski definition) is 3. The zero-order chi connectivity index (χ0) is 14.6. The zero-order valence-corrected chi connectivity index (χ0v) is 13.6. The normalized spacial score (nSPS) is 15.3. The molecule has 0 aliphatic carbocycles. The van der Waals surface area contributed by atoms with Crippen molar-refractivity contribution in [3.05, 3.63) is 22.4 Å². The van der Waals surface area contributed by atoms with Crippen LogP contribution in [0.15, 0.2) is 17.5 Å². The van der Waals surface area contributed by atoms with E-state index in [2.05, 4.69) is 42.0 Å². The van der Waals surface area contributed by atoms with Crippen LogP contribution >= 0.6 is 11.3 Å². The van der Waals surface area contributed by atoms with Gasteiger partial charge in [0.15, 0.2) is 0 Å². The predicted molar refractivity (Wildman–Crippen MR) is 82.4 cm³/mol. The third-order valence-corrected chi connectivity index (χ3v) is 3.79. The minimum Gasteiger partial charge on any atom is -0.350 e. The fourth-order valence-electron chi connectivity index (χ4n) is 1.89. The lowest BCUT2D eigenvalue weighted by Crippen LogP contribution is -2.50. The highest BCUT2D eigenvalue weighted by molar-refractivity contribution is 7.10. The highest BCUT2D eigenvalue weighted by atomic mass is 32.1. The molecule has 1 aromatic heterocycles. The van der Waals surface area contributed by atoms with Crippen molar-refractivity contribution < 1.29 is 4.79 Å². The molecule has 2 atom stereocenters. The summed E-state index contributed by atoms with van der Waals surface area (Å²) in [5.74, 6) is 0.498. The van der Waals surface area contributed by atoms with E-state index in [0.717, 1.165) is 0 Å². The Labute approximate surface area is 120 Å². The van der Waals surface area contributed by atoms with Crippen molar-refractivity contribution in [3.8, 4) is 0 Å². The van der Waals surface area contributed by atoms with Gasteiger partial charge in [-0.2, -0.15) is 0 Å². The number of amides is 1. The first-order valence-corrected chi connectivity index (χ1v) is 7.70.